The number of ether oxygens (including phenoxy) is 1. The van der Waals surface area contributed by atoms with Crippen LogP contribution in [-0.2, 0) is 18.3 Å². The van der Waals surface area contributed by atoms with E-state index in [-0.39, 0.29) is 35.4 Å². The molecule has 0 spiro atoms. The Balaban J connectivity index is 1.62. The Kier molecular flexibility index (Phi) is 7.67. The molecule has 1 aliphatic heterocycles. The SMILES string of the molecule is Cc1cc(OC(F)(F)F)cc2c1c(Cc1c(Cl)ccc(C(=O)N3CCC(CC(=O)O)CC3)c1Cl)cn2C. The Morgan fingerprint density at radius 2 is 1.84 bits per heavy atom. The molecule has 11 heteroatoms. The summed E-state index contributed by atoms with van der Waals surface area (Å²) >= 11 is 13.2. The van der Waals surface area contributed by atoms with Crippen molar-refractivity contribution < 1.29 is 32.6 Å². The number of carboxylic acids is 1. The highest BCUT2D eigenvalue weighted by Gasteiger charge is 2.32. The molecule has 2 aromatic carbocycles. The lowest BCUT2D eigenvalue weighted by Gasteiger charge is -2.31. The van der Waals surface area contributed by atoms with Crippen molar-refractivity contribution in [3.63, 3.8) is 0 Å². The number of hydrogen-bond donors (Lipinski definition) is 1. The van der Waals surface area contributed by atoms with Gasteiger partial charge in [-0.25, -0.2) is 0 Å². The summed E-state index contributed by atoms with van der Waals surface area (Å²) in [5, 5.41) is 10.4. The number of carbonyl (C=O) groups is 2. The summed E-state index contributed by atoms with van der Waals surface area (Å²) in [5.74, 6) is -1.36. The molecule has 1 N–H and O–H groups in total. The van der Waals surface area contributed by atoms with Crippen molar-refractivity contribution in [2.75, 3.05) is 13.1 Å². The van der Waals surface area contributed by atoms with Crippen molar-refractivity contribution in [3.05, 3.63) is 62.8 Å². The number of aryl methyl sites for hydroxylation is 2. The fourth-order valence-corrected chi connectivity index (χ4v) is 5.58. The van der Waals surface area contributed by atoms with E-state index in [0.717, 1.165) is 10.9 Å². The average Bonchev–Trinajstić information content (AvgIpc) is 3.10. The lowest BCUT2D eigenvalue weighted by molar-refractivity contribution is -0.274. The molecule has 1 saturated heterocycles. The number of piperidine rings is 1. The molecule has 0 bridgehead atoms. The van der Waals surface area contributed by atoms with Crippen LogP contribution in [0.5, 0.6) is 5.75 Å². The van der Waals surface area contributed by atoms with Gasteiger partial charge in [-0.15, -0.1) is 13.2 Å². The van der Waals surface area contributed by atoms with Gasteiger partial charge in [0.2, 0.25) is 0 Å². The van der Waals surface area contributed by atoms with Gasteiger partial charge in [-0.05, 0) is 60.6 Å². The van der Waals surface area contributed by atoms with Crippen molar-refractivity contribution in [1.29, 1.82) is 0 Å². The average molecular weight is 557 g/mol. The van der Waals surface area contributed by atoms with Crippen LogP contribution in [0, 0.1) is 12.8 Å². The van der Waals surface area contributed by atoms with E-state index in [4.69, 9.17) is 28.3 Å². The van der Waals surface area contributed by atoms with E-state index in [0.29, 0.717) is 53.2 Å². The lowest BCUT2D eigenvalue weighted by atomic mass is 9.93. The fraction of sp³-hybridized carbons (Fsp3) is 0.385. The van der Waals surface area contributed by atoms with Gasteiger partial charge in [0.15, 0.2) is 0 Å². The number of hydrogen-bond acceptors (Lipinski definition) is 3. The Morgan fingerprint density at radius 1 is 1.16 bits per heavy atom. The summed E-state index contributed by atoms with van der Waals surface area (Å²) in [4.78, 5) is 25.9. The minimum Gasteiger partial charge on any atom is -0.481 e. The van der Waals surface area contributed by atoms with Crippen molar-refractivity contribution in [2.45, 2.75) is 39.0 Å². The van der Waals surface area contributed by atoms with Crippen LogP contribution in [0.1, 0.15) is 46.3 Å². The van der Waals surface area contributed by atoms with Crippen molar-refractivity contribution in [2.24, 2.45) is 13.0 Å². The topological polar surface area (TPSA) is 71.8 Å². The van der Waals surface area contributed by atoms with Crippen molar-refractivity contribution in [3.8, 4) is 5.75 Å². The molecule has 2 heterocycles. The van der Waals surface area contributed by atoms with Gasteiger partial charge in [0.1, 0.15) is 5.75 Å². The third-order valence-electron chi connectivity index (χ3n) is 6.72. The van der Waals surface area contributed by atoms with E-state index in [1.165, 1.54) is 12.1 Å². The zero-order valence-electron chi connectivity index (χ0n) is 20.2. The molecule has 0 radical (unpaired) electrons. The monoisotopic (exact) mass is 556 g/mol. The highest BCUT2D eigenvalue weighted by Crippen LogP contribution is 2.36. The fourth-order valence-electron chi connectivity index (χ4n) is 5.00. The third kappa shape index (κ3) is 5.99. The summed E-state index contributed by atoms with van der Waals surface area (Å²) in [7, 11) is 1.72. The Bertz CT molecular complexity index is 1360. The predicted octanol–water partition coefficient (Wildman–Crippen LogP) is 6.61. The summed E-state index contributed by atoms with van der Waals surface area (Å²) < 4.78 is 44.1. The first-order valence-corrected chi connectivity index (χ1v) is 12.4. The Hall–Kier alpha value is -2.91. The summed E-state index contributed by atoms with van der Waals surface area (Å²) in [6.07, 6.45) is -1.45. The zero-order chi connectivity index (χ0) is 27.1. The smallest absolute Gasteiger partial charge is 0.481 e. The summed E-state index contributed by atoms with van der Waals surface area (Å²) in [6.45, 7) is 2.58. The number of nitrogens with zero attached hydrogens (tertiary/aromatic N) is 2. The highest BCUT2D eigenvalue weighted by atomic mass is 35.5. The van der Waals surface area contributed by atoms with Crippen LogP contribution < -0.4 is 4.74 Å². The minimum atomic E-state index is -4.80. The minimum absolute atomic E-state index is 0.0365. The van der Waals surface area contributed by atoms with Crippen LogP contribution in [0.15, 0.2) is 30.5 Å². The molecule has 1 fully saturated rings. The van der Waals surface area contributed by atoms with E-state index < -0.39 is 12.3 Å². The zero-order valence-corrected chi connectivity index (χ0v) is 21.7. The number of benzene rings is 2. The molecule has 0 saturated carbocycles. The van der Waals surface area contributed by atoms with Crippen LogP contribution >= 0.6 is 23.2 Å². The van der Waals surface area contributed by atoms with Crippen LogP contribution in [-0.4, -0.2) is 45.9 Å². The standard InChI is InChI=1S/C26H25Cl2F3N2O4/c1-14-9-17(37-26(29,30)31)12-21-23(14)16(13-32(21)2)11-19-20(27)4-3-18(24(19)28)25(36)33-7-5-15(6-8-33)10-22(34)35/h3-4,9,12-13,15H,5-8,10-11H2,1-2H3,(H,34,35). The number of carboxylic acid groups (broad SMARTS) is 1. The van der Waals surface area contributed by atoms with Gasteiger partial charge < -0.3 is 19.3 Å². The van der Waals surface area contributed by atoms with Gasteiger partial charge in [-0.2, -0.15) is 0 Å². The lowest BCUT2D eigenvalue weighted by Crippen LogP contribution is -2.39. The maximum Gasteiger partial charge on any atom is 0.573 e. The quantitative estimate of drug-likeness (QED) is 0.370. The molecule has 0 unspecified atom stereocenters. The first-order chi connectivity index (χ1) is 17.3. The van der Waals surface area contributed by atoms with Gasteiger partial charge in [0.05, 0.1) is 16.1 Å². The summed E-state index contributed by atoms with van der Waals surface area (Å²) in [6, 6.07) is 5.85. The van der Waals surface area contributed by atoms with E-state index in [2.05, 4.69) is 4.74 Å². The van der Waals surface area contributed by atoms with E-state index >= 15 is 0 Å². The van der Waals surface area contributed by atoms with Gasteiger partial charge in [0.25, 0.3) is 5.91 Å². The van der Waals surface area contributed by atoms with Crippen molar-refractivity contribution >= 4 is 46.0 Å². The second-order valence-electron chi connectivity index (χ2n) is 9.35. The summed E-state index contributed by atoms with van der Waals surface area (Å²) in [5.41, 5.74) is 2.78. The number of likely N-dealkylation sites (tertiary alicyclic amines) is 1. The van der Waals surface area contributed by atoms with Crippen LogP contribution in [0.3, 0.4) is 0 Å². The second-order valence-corrected chi connectivity index (χ2v) is 10.1. The molecule has 4 rings (SSSR count). The second kappa shape index (κ2) is 10.5. The van der Waals surface area contributed by atoms with E-state index in [9.17, 15) is 22.8 Å². The maximum absolute atomic E-state index is 13.3. The highest BCUT2D eigenvalue weighted by molar-refractivity contribution is 6.38. The molecule has 3 aromatic rings. The Labute approximate surface area is 221 Å². The molecule has 0 atom stereocenters. The number of amides is 1. The maximum atomic E-state index is 13.3. The molecule has 1 aliphatic rings. The van der Waals surface area contributed by atoms with Crippen LogP contribution in [0.2, 0.25) is 10.0 Å². The number of carbonyl (C=O) groups excluding carboxylic acids is 1. The Morgan fingerprint density at radius 3 is 2.46 bits per heavy atom. The largest absolute Gasteiger partial charge is 0.573 e. The molecule has 0 aliphatic carbocycles. The van der Waals surface area contributed by atoms with Gasteiger partial charge in [-0.1, -0.05) is 23.2 Å². The number of aromatic nitrogens is 1. The van der Waals surface area contributed by atoms with E-state index in [1.54, 1.807) is 41.8 Å². The number of alkyl halides is 3. The third-order valence-corrected chi connectivity index (χ3v) is 7.51. The van der Waals surface area contributed by atoms with Gasteiger partial charge in [0, 0.05) is 55.7 Å². The van der Waals surface area contributed by atoms with Gasteiger partial charge in [-0.3, -0.25) is 9.59 Å². The molecule has 6 nitrogen and oxygen atoms in total. The van der Waals surface area contributed by atoms with Crippen LogP contribution in [0.25, 0.3) is 10.9 Å². The van der Waals surface area contributed by atoms with Crippen LogP contribution in [0.4, 0.5) is 13.2 Å². The molecule has 198 valence electrons. The number of rotatable bonds is 6. The van der Waals surface area contributed by atoms with Crippen molar-refractivity contribution in [1.82, 2.24) is 9.47 Å². The first-order valence-electron chi connectivity index (χ1n) is 11.7. The first kappa shape index (κ1) is 27.1. The molecule has 1 amide bonds. The molecular formula is C26H25Cl2F3N2O4. The number of halogens is 5. The molecule has 37 heavy (non-hydrogen) atoms. The molecular weight excluding hydrogens is 532 g/mol. The number of fused-ring (bicyclic) bond motifs is 1. The predicted molar refractivity (Wildman–Crippen MR) is 134 cm³/mol. The van der Waals surface area contributed by atoms with Gasteiger partial charge >= 0.3 is 12.3 Å². The normalized spacial score (nSPS) is 14.8. The number of aliphatic carboxylic acids is 1. The van der Waals surface area contributed by atoms with E-state index in [1.807, 2.05) is 0 Å². The molecule has 1 aromatic heterocycles.